The van der Waals surface area contributed by atoms with Crippen molar-refractivity contribution in [3.05, 3.63) is 0 Å². The molecule has 0 N–H and O–H groups in total. The van der Waals surface area contributed by atoms with Crippen LogP contribution in [0.4, 0.5) is 0 Å². The summed E-state index contributed by atoms with van der Waals surface area (Å²) < 4.78 is 0. The lowest BCUT2D eigenvalue weighted by Gasteiger charge is -2.47. The summed E-state index contributed by atoms with van der Waals surface area (Å²) in [5, 5.41) is 0. The van der Waals surface area contributed by atoms with Gasteiger partial charge in [-0.2, -0.15) is 0 Å². The molecule has 0 aromatic heterocycles. The Morgan fingerprint density at radius 3 is 1.30 bits per heavy atom. The van der Waals surface area contributed by atoms with Crippen molar-refractivity contribution < 1.29 is 0 Å². The largest absolute Gasteiger partial charge is 0.0649 e. The number of fused-ring (bicyclic) bond motifs is 30. The van der Waals surface area contributed by atoms with Crippen LogP contribution in [0.5, 0.6) is 0 Å². The summed E-state index contributed by atoms with van der Waals surface area (Å²) in [4.78, 5) is 0. The minimum absolute atomic E-state index is 0.665. The summed E-state index contributed by atoms with van der Waals surface area (Å²) in [5.41, 5.74) is 5.62. The van der Waals surface area contributed by atoms with Crippen LogP contribution in [-0.2, 0) is 0 Å². The molecule has 21 aliphatic carbocycles. The van der Waals surface area contributed by atoms with E-state index < -0.39 is 0 Å². The molecular weight excluding hydrogens is 1200 g/mol. The minimum Gasteiger partial charge on any atom is -0.0649 e. The fraction of sp³-hybridized carbons (Fsp3) is 1.00. The van der Waals surface area contributed by atoms with Gasteiger partial charge in [0.1, 0.15) is 0 Å². The first kappa shape index (κ1) is 76.8. The van der Waals surface area contributed by atoms with Crippen LogP contribution in [0.2, 0.25) is 0 Å². The van der Waals surface area contributed by atoms with Crippen molar-refractivity contribution in [2.45, 2.75) is 420 Å². The van der Waals surface area contributed by atoms with Crippen LogP contribution in [0.15, 0.2) is 0 Å². The summed E-state index contributed by atoms with van der Waals surface area (Å²) >= 11 is 0. The van der Waals surface area contributed by atoms with Gasteiger partial charge in [0.15, 0.2) is 0 Å². The molecule has 21 fully saturated rings. The van der Waals surface area contributed by atoms with E-state index in [0.29, 0.717) is 32.5 Å². The third kappa shape index (κ3) is 15.1. The molecule has 0 saturated heterocycles. The monoisotopic (exact) mass is 1380 g/mol. The second-order valence-electron chi connectivity index (χ2n) is 48.1. The SMILES string of the molecule is CC(C)C1(C)CC2CCC1C2.CC(C)C1(C)CCC2CCCCC2C1.CC1(C)CC2CC1C1C3CCC(C3)C21.CC1(C)CC2CC1C1CCCC21.CC1(C)CCC2CCCCC2C1.CC1(C)CCCC2CCCCC21.CCC1(C)CC2CC1C1C3CCC(C3)C21.CCC1(C)CC2CCC1C2. The Balaban J connectivity index is 0.0000000976. The molecule has 0 spiro atoms. The van der Waals surface area contributed by atoms with Crippen LogP contribution in [0, 0.1) is 209 Å². The van der Waals surface area contributed by atoms with Crippen LogP contribution in [-0.4, -0.2) is 0 Å². The topological polar surface area (TPSA) is 0 Å². The van der Waals surface area contributed by atoms with Crippen LogP contribution < -0.4 is 0 Å². The number of hydrogen-bond donors (Lipinski definition) is 0. The lowest BCUT2D eigenvalue weighted by Crippen LogP contribution is -2.37. The Morgan fingerprint density at radius 1 is 0.270 bits per heavy atom. The molecule has 21 rings (SSSR count). The summed E-state index contributed by atoms with van der Waals surface area (Å²) in [5.74, 6) is 31.3. The average Bonchev–Trinajstić information content (AvgIpc) is 1.55. The van der Waals surface area contributed by atoms with Crippen molar-refractivity contribution in [1.82, 2.24) is 0 Å². The van der Waals surface area contributed by atoms with Gasteiger partial charge in [-0.1, -0.05) is 240 Å². The van der Waals surface area contributed by atoms with Crippen LogP contribution in [0.3, 0.4) is 0 Å². The quantitative estimate of drug-likeness (QED) is 0.246. The van der Waals surface area contributed by atoms with Crippen molar-refractivity contribution in [1.29, 1.82) is 0 Å². The molecule has 0 heterocycles. The van der Waals surface area contributed by atoms with Crippen molar-refractivity contribution in [3.8, 4) is 0 Å². The highest BCUT2D eigenvalue weighted by molar-refractivity contribution is 5.15. The highest BCUT2D eigenvalue weighted by Crippen LogP contribution is 2.74. The van der Waals surface area contributed by atoms with E-state index in [2.05, 4.69) is 125 Å². The Hall–Kier alpha value is 0. The maximum absolute atomic E-state index is 2.60. The van der Waals surface area contributed by atoms with Crippen molar-refractivity contribution >= 4 is 0 Å². The summed E-state index contributed by atoms with van der Waals surface area (Å²) in [6, 6.07) is 0. The Morgan fingerprint density at radius 2 is 0.760 bits per heavy atom. The predicted octanol–water partition coefficient (Wildman–Crippen LogP) is 30.6. The fourth-order valence-electron chi connectivity index (χ4n) is 34.5. The van der Waals surface area contributed by atoms with Crippen LogP contribution >= 0.6 is 0 Å². The molecule has 21 aliphatic rings. The molecule has 30 atom stereocenters. The summed E-state index contributed by atoms with van der Waals surface area (Å²) in [6.07, 6.45) is 70.8. The molecule has 0 radical (unpaired) electrons. The van der Waals surface area contributed by atoms with Crippen molar-refractivity contribution in [2.75, 3.05) is 0 Å². The van der Waals surface area contributed by atoms with Gasteiger partial charge in [0.2, 0.25) is 0 Å². The third-order valence-corrected chi connectivity index (χ3v) is 40.8. The Kier molecular flexibility index (Phi) is 23.0. The first-order valence-electron chi connectivity index (χ1n) is 47.4. The molecule has 14 bridgehead atoms. The first-order valence-corrected chi connectivity index (χ1v) is 47.4. The second-order valence-corrected chi connectivity index (χ2v) is 48.1. The Bertz CT molecular complexity index is 2640. The molecule has 574 valence electrons. The zero-order chi connectivity index (χ0) is 70.7. The molecule has 100 heavy (non-hydrogen) atoms. The van der Waals surface area contributed by atoms with Gasteiger partial charge < -0.3 is 0 Å². The number of hydrogen-bond acceptors (Lipinski definition) is 0. The maximum Gasteiger partial charge on any atom is -0.0272 e. The summed E-state index contributed by atoms with van der Waals surface area (Å²) in [6.45, 7) is 44.6. The van der Waals surface area contributed by atoms with Gasteiger partial charge in [-0.15, -0.1) is 0 Å². The highest BCUT2D eigenvalue weighted by atomic mass is 14.7. The molecule has 0 amide bonds. The molecule has 0 heteroatoms. The normalized spacial score (nSPS) is 51.5. The first-order chi connectivity index (χ1) is 47.4. The summed E-state index contributed by atoms with van der Waals surface area (Å²) in [7, 11) is 0. The Labute approximate surface area is 625 Å². The van der Waals surface area contributed by atoms with Crippen molar-refractivity contribution in [2.24, 2.45) is 209 Å². The van der Waals surface area contributed by atoms with E-state index in [1.54, 1.807) is 128 Å². The molecule has 0 aromatic carbocycles. The molecule has 0 nitrogen and oxygen atoms in total. The van der Waals surface area contributed by atoms with Crippen LogP contribution in [0.25, 0.3) is 0 Å². The third-order valence-electron chi connectivity index (χ3n) is 40.8. The van der Waals surface area contributed by atoms with Crippen LogP contribution in [0.1, 0.15) is 420 Å². The highest BCUT2D eigenvalue weighted by Gasteiger charge is 2.66. The smallest absolute Gasteiger partial charge is 0.0272 e. The van der Waals surface area contributed by atoms with Gasteiger partial charge in [0, 0.05) is 0 Å². The second kappa shape index (κ2) is 30.0. The lowest BCUT2D eigenvalue weighted by atomic mass is 9.58. The standard InChI is InChI=1S/C15H24.C14H22.C14H26.C12H20.2C12H22.C11H20.C10H18/c1-3-15(2)8-11-7-12(15)14-10-5-4-9(6-10)13(11)14;1-14(2)7-10-6-11(14)13-9-4-3-8(5-9)12(10)13;1-11(2)14(3)9-8-12-6-4-5-7-13(12)10-14;1-12(2)7-8-6-11(12)10-5-3-4-9(8)10;1-12(2)9-5-7-10-6-3-4-8-11(10)12;1-12(2)8-7-10-5-3-4-6-11(10)9-12;1-8(2)11(3)7-9-4-5-10(11)6-9;1-3-10(2)7-8-4-5-9(10)6-8/h9-14H,3-8H2,1-2H3;8-13H,3-7H2,1-2H3;11-13H,4-10H2,1-3H3;8-11H,3-7H2,1-2H3;2*10-11H,3-9H2,1-2H3;8-10H,4-7H2,1-3H3;8-9H,3-7H2,1-2H3. The van der Waals surface area contributed by atoms with Gasteiger partial charge in [-0.05, 0) is 389 Å². The zero-order valence-electron chi connectivity index (χ0n) is 70.7. The van der Waals surface area contributed by atoms with E-state index in [1.165, 1.54) is 220 Å². The van der Waals surface area contributed by atoms with E-state index in [4.69, 9.17) is 0 Å². The van der Waals surface area contributed by atoms with E-state index in [9.17, 15) is 0 Å². The zero-order valence-corrected chi connectivity index (χ0v) is 70.7. The minimum atomic E-state index is 0.665. The molecule has 30 unspecified atom stereocenters. The van der Waals surface area contributed by atoms with Gasteiger partial charge in [-0.3, -0.25) is 0 Å². The van der Waals surface area contributed by atoms with E-state index >= 15 is 0 Å². The number of rotatable bonds is 4. The van der Waals surface area contributed by atoms with Gasteiger partial charge >= 0.3 is 0 Å². The van der Waals surface area contributed by atoms with E-state index in [-0.39, 0.29) is 0 Å². The van der Waals surface area contributed by atoms with Gasteiger partial charge in [-0.25, -0.2) is 0 Å². The fourth-order valence-corrected chi connectivity index (χ4v) is 34.5. The predicted molar refractivity (Wildman–Crippen MR) is 432 cm³/mol. The molecule has 0 aliphatic heterocycles. The van der Waals surface area contributed by atoms with E-state index in [1.807, 2.05) is 0 Å². The molecule has 21 saturated carbocycles. The van der Waals surface area contributed by atoms with Crippen molar-refractivity contribution in [3.63, 3.8) is 0 Å². The van der Waals surface area contributed by atoms with E-state index in [0.717, 1.165) is 123 Å². The van der Waals surface area contributed by atoms with Gasteiger partial charge in [0.25, 0.3) is 0 Å². The molecular formula is C100H174. The lowest BCUT2D eigenvalue weighted by molar-refractivity contribution is 0.0383. The average molecular weight is 1380 g/mol. The van der Waals surface area contributed by atoms with Gasteiger partial charge in [0.05, 0.1) is 0 Å². The maximum atomic E-state index is 2.60. The molecule has 0 aromatic rings.